The van der Waals surface area contributed by atoms with Gasteiger partial charge >= 0.3 is 0 Å². The van der Waals surface area contributed by atoms with Crippen LogP contribution in [-0.4, -0.2) is 36.0 Å². The highest BCUT2D eigenvalue weighted by molar-refractivity contribution is 5.80. The molecule has 2 rings (SSSR count). The summed E-state index contributed by atoms with van der Waals surface area (Å²) in [6.07, 6.45) is 5.68. The lowest BCUT2D eigenvalue weighted by atomic mass is 9.83. The Labute approximate surface area is 98.6 Å². The van der Waals surface area contributed by atoms with Crippen LogP contribution in [0, 0.1) is 5.92 Å². The largest absolute Gasteiger partial charge is 0.337 e. The van der Waals surface area contributed by atoms with Gasteiger partial charge < -0.3 is 10.2 Å². The Morgan fingerprint density at radius 3 is 2.56 bits per heavy atom. The van der Waals surface area contributed by atoms with Crippen molar-refractivity contribution in [3.8, 4) is 0 Å². The maximum atomic E-state index is 12.3. The predicted octanol–water partition coefficient (Wildman–Crippen LogP) is 1.78. The highest BCUT2D eigenvalue weighted by atomic mass is 16.2. The summed E-state index contributed by atoms with van der Waals surface area (Å²) in [5, 5.41) is 3.54. The van der Waals surface area contributed by atoms with E-state index in [1.54, 1.807) is 0 Å². The van der Waals surface area contributed by atoms with Gasteiger partial charge in [0, 0.05) is 31.1 Å². The van der Waals surface area contributed by atoms with Crippen LogP contribution in [0.1, 0.15) is 46.0 Å². The first-order chi connectivity index (χ1) is 7.76. The Kier molecular flexibility index (Phi) is 3.85. The zero-order chi connectivity index (χ0) is 11.5. The number of carbonyl (C=O) groups is 1. The van der Waals surface area contributed by atoms with E-state index in [1.807, 2.05) is 0 Å². The van der Waals surface area contributed by atoms with Crippen LogP contribution < -0.4 is 5.32 Å². The van der Waals surface area contributed by atoms with Crippen molar-refractivity contribution in [3.05, 3.63) is 0 Å². The number of hydrogen-bond donors (Lipinski definition) is 1. The van der Waals surface area contributed by atoms with E-state index in [2.05, 4.69) is 24.1 Å². The van der Waals surface area contributed by atoms with Crippen molar-refractivity contribution in [2.45, 2.75) is 58.0 Å². The first-order valence-corrected chi connectivity index (χ1v) is 6.80. The molecule has 1 aliphatic carbocycles. The first-order valence-electron chi connectivity index (χ1n) is 6.80. The SMILES string of the molecule is CCC1CN(C(=O)C2CCC2)C(CC)CN1. The molecule has 2 atom stereocenters. The Morgan fingerprint density at radius 1 is 1.31 bits per heavy atom. The van der Waals surface area contributed by atoms with Crippen molar-refractivity contribution in [1.82, 2.24) is 10.2 Å². The summed E-state index contributed by atoms with van der Waals surface area (Å²) in [6, 6.07) is 0.933. The molecule has 1 amide bonds. The highest BCUT2D eigenvalue weighted by Crippen LogP contribution is 2.29. The molecule has 2 aliphatic rings. The van der Waals surface area contributed by atoms with E-state index in [-0.39, 0.29) is 0 Å². The quantitative estimate of drug-likeness (QED) is 0.792. The van der Waals surface area contributed by atoms with Gasteiger partial charge in [0.05, 0.1) is 0 Å². The molecule has 0 aromatic carbocycles. The van der Waals surface area contributed by atoms with E-state index < -0.39 is 0 Å². The molecule has 0 aromatic rings. The number of piperazine rings is 1. The second kappa shape index (κ2) is 5.17. The van der Waals surface area contributed by atoms with Gasteiger partial charge in [-0.2, -0.15) is 0 Å². The van der Waals surface area contributed by atoms with Gasteiger partial charge in [-0.15, -0.1) is 0 Å². The first kappa shape index (κ1) is 11.9. The van der Waals surface area contributed by atoms with Gasteiger partial charge in [0.25, 0.3) is 0 Å². The molecule has 1 aliphatic heterocycles. The second-order valence-electron chi connectivity index (χ2n) is 5.19. The van der Waals surface area contributed by atoms with E-state index >= 15 is 0 Å². The average molecular weight is 224 g/mol. The number of nitrogens with one attached hydrogen (secondary N) is 1. The molecule has 0 spiro atoms. The van der Waals surface area contributed by atoms with Crippen LogP contribution in [0.4, 0.5) is 0 Å². The van der Waals surface area contributed by atoms with E-state index in [0.717, 1.165) is 38.8 Å². The summed E-state index contributed by atoms with van der Waals surface area (Å²) in [7, 11) is 0. The summed E-state index contributed by atoms with van der Waals surface area (Å²) < 4.78 is 0. The van der Waals surface area contributed by atoms with E-state index in [0.29, 0.717) is 23.9 Å². The van der Waals surface area contributed by atoms with Crippen molar-refractivity contribution < 1.29 is 4.79 Å². The molecule has 2 fully saturated rings. The van der Waals surface area contributed by atoms with Gasteiger partial charge in [0.1, 0.15) is 0 Å². The van der Waals surface area contributed by atoms with Crippen molar-refractivity contribution >= 4 is 5.91 Å². The zero-order valence-electron chi connectivity index (χ0n) is 10.5. The number of amides is 1. The number of rotatable bonds is 3. The molecular weight excluding hydrogens is 200 g/mol. The number of hydrogen-bond acceptors (Lipinski definition) is 2. The summed E-state index contributed by atoms with van der Waals surface area (Å²) >= 11 is 0. The van der Waals surface area contributed by atoms with E-state index in [9.17, 15) is 4.79 Å². The minimum absolute atomic E-state index is 0.352. The van der Waals surface area contributed by atoms with Gasteiger partial charge in [-0.25, -0.2) is 0 Å². The third-order valence-corrected chi connectivity index (χ3v) is 4.20. The van der Waals surface area contributed by atoms with Gasteiger partial charge in [-0.05, 0) is 25.7 Å². The summed E-state index contributed by atoms with van der Waals surface area (Å²) in [5.74, 6) is 0.780. The molecule has 1 saturated heterocycles. The summed E-state index contributed by atoms with van der Waals surface area (Å²) in [6.45, 7) is 6.27. The lowest BCUT2D eigenvalue weighted by molar-refractivity contribution is -0.142. The van der Waals surface area contributed by atoms with Crippen LogP contribution >= 0.6 is 0 Å². The van der Waals surface area contributed by atoms with Crippen LogP contribution in [0.25, 0.3) is 0 Å². The van der Waals surface area contributed by atoms with Crippen LogP contribution in [0.5, 0.6) is 0 Å². The zero-order valence-corrected chi connectivity index (χ0v) is 10.5. The van der Waals surface area contributed by atoms with Gasteiger partial charge in [-0.1, -0.05) is 20.3 Å². The molecule has 3 nitrogen and oxygen atoms in total. The van der Waals surface area contributed by atoms with E-state index in [4.69, 9.17) is 0 Å². The Balaban J connectivity index is 1.98. The lowest BCUT2D eigenvalue weighted by Gasteiger charge is -2.43. The normalized spacial score (nSPS) is 31.2. The fraction of sp³-hybridized carbons (Fsp3) is 0.923. The molecule has 92 valence electrons. The predicted molar refractivity (Wildman–Crippen MR) is 65.2 cm³/mol. The molecule has 3 heteroatoms. The molecular formula is C13H24N2O. The molecule has 1 saturated carbocycles. The maximum Gasteiger partial charge on any atom is 0.226 e. The summed E-state index contributed by atoms with van der Waals surface area (Å²) in [5.41, 5.74) is 0. The monoisotopic (exact) mass is 224 g/mol. The van der Waals surface area contributed by atoms with Crippen molar-refractivity contribution in [3.63, 3.8) is 0 Å². The lowest BCUT2D eigenvalue weighted by Crippen LogP contribution is -2.59. The molecule has 1 heterocycles. The van der Waals surface area contributed by atoms with Crippen LogP contribution in [0.15, 0.2) is 0 Å². The number of nitrogens with zero attached hydrogens (tertiary/aromatic N) is 1. The molecule has 0 aromatic heterocycles. The van der Waals surface area contributed by atoms with E-state index in [1.165, 1.54) is 6.42 Å². The fourth-order valence-corrected chi connectivity index (χ4v) is 2.66. The van der Waals surface area contributed by atoms with Gasteiger partial charge in [0.2, 0.25) is 5.91 Å². The standard InChI is InChI=1S/C13H24N2O/c1-3-11-9-15(12(4-2)8-14-11)13(16)10-6-5-7-10/h10-12,14H,3-9H2,1-2H3. The van der Waals surface area contributed by atoms with Gasteiger partial charge in [0.15, 0.2) is 0 Å². The van der Waals surface area contributed by atoms with Crippen LogP contribution in [-0.2, 0) is 4.79 Å². The van der Waals surface area contributed by atoms with Crippen LogP contribution in [0.3, 0.4) is 0 Å². The highest BCUT2D eigenvalue weighted by Gasteiger charge is 2.35. The average Bonchev–Trinajstić information content (AvgIpc) is 2.25. The van der Waals surface area contributed by atoms with Crippen molar-refractivity contribution in [2.24, 2.45) is 5.92 Å². The van der Waals surface area contributed by atoms with Crippen molar-refractivity contribution in [1.29, 1.82) is 0 Å². The second-order valence-corrected chi connectivity index (χ2v) is 5.19. The number of carbonyl (C=O) groups excluding carboxylic acids is 1. The summed E-state index contributed by atoms with van der Waals surface area (Å²) in [4.78, 5) is 14.5. The Hall–Kier alpha value is -0.570. The fourth-order valence-electron chi connectivity index (χ4n) is 2.66. The molecule has 16 heavy (non-hydrogen) atoms. The Morgan fingerprint density at radius 2 is 2.06 bits per heavy atom. The minimum atomic E-state index is 0.352. The third kappa shape index (κ3) is 2.24. The topological polar surface area (TPSA) is 32.3 Å². The van der Waals surface area contributed by atoms with Crippen LogP contribution in [0.2, 0.25) is 0 Å². The molecule has 2 unspecified atom stereocenters. The molecule has 0 radical (unpaired) electrons. The third-order valence-electron chi connectivity index (χ3n) is 4.20. The minimum Gasteiger partial charge on any atom is -0.337 e. The molecule has 0 bridgehead atoms. The van der Waals surface area contributed by atoms with Gasteiger partial charge in [-0.3, -0.25) is 4.79 Å². The van der Waals surface area contributed by atoms with Crippen molar-refractivity contribution in [2.75, 3.05) is 13.1 Å². The Bertz CT molecular complexity index is 250. The molecule has 1 N–H and O–H groups in total. The smallest absolute Gasteiger partial charge is 0.226 e. The maximum absolute atomic E-state index is 12.3.